The lowest BCUT2D eigenvalue weighted by molar-refractivity contribution is -0.115. The second kappa shape index (κ2) is 9.54. The minimum atomic E-state index is -3.62. The molecule has 0 aromatic heterocycles. The number of benzene rings is 2. The van der Waals surface area contributed by atoms with Crippen LogP contribution in [-0.2, 0) is 14.8 Å². The number of halogens is 1. The fraction of sp³-hybridized carbons (Fsp3) is 0.350. The number of hydrogen-bond donors (Lipinski definition) is 1. The molecule has 1 atom stereocenters. The van der Waals surface area contributed by atoms with Crippen molar-refractivity contribution in [2.24, 2.45) is 0 Å². The fourth-order valence-corrected chi connectivity index (χ4v) is 5.25. The summed E-state index contributed by atoms with van der Waals surface area (Å²) in [6.07, 6.45) is 0. The fourth-order valence-electron chi connectivity index (χ4n) is 2.67. The van der Waals surface area contributed by atoms with Gasteiger partial charge in [-0.2, -0.15) is 4.31 Å². The Labute approximate surface area is 170 Å². The van der Waals surface area contributed by atoms with Gasteiger partial charge in [0.1, 0.15) is 5.82 Å². The van der Waals surface area contributed by atoms with E-state index in [1.54, 1.807) is 52.0 Å². The van der Waals surface area contributed by atoms with Gasteiger partial charge in [-0.1, -0.05) is 19.9 Å². The smallest absolute Gasteiger partial charge is 0.243 e. The summed E-state index contributed by atoms with van der Waals surface area (Å²) in [5.41, 5.74) is 1.05. The highest BCUT2D eigenvalue weighted by molar-refractivity contribution is 8.00. The lowest BCUT2D eigenvalue weighted by Crippen LogP contribution is -2.31. The lowest BCUT2D eigenvalue weighted by Gasteiger charge is -2.20. The molecular weight excluding hydrogens is 399 g/mol. The molecule has 1 N–H and O–H groups in total. The minimum Gasteiger partial charge on any atom is -0.325 e. The normalized spacial score (nSPS) is 12.8. The zero-order chi connectivity index (χ0) is 20.9. The number of nitrogens with one attached hydrogen (secondary N) is 1. The van der Waals surface area contributed by atoms with E-state index in [1.165, 1.54) is 34.3 Å². The standard InChI is InChI=1S/C20H25FN2O3S2/c1-5-23(6-2)28(25,26)19-13-17(10-7-14(19)3)22-20(24)15(4)27-18-11-8-16(21)9-12-18/h7-13,15H,5-6H2,1-4H3,(H,22,24)/t15-/m1/s1. The van der Waals surface area contributed by atoms with E-state index >= 15 is 0 Å². The summed E-state index contributed by atoms with van der Waals surface area (Å²) < 4.78 is 40.1. The maximum absolute atomic E-state index is 13.0. The van der Waals surface area contributed by atoms with E-state index in [2.05, 4.69) is 5.32 Å². The van der Waals surface area contributed by atoms with Crippen molar-refractivity contribution in [2.75, 3.05) is 18.4 Å². The second-order valence-electron chi connectivity index (χ2n) is 6.27. The predicted octanol–water partition coefficient (Wildman–Crippen LogP) is 4.28. The van der Waals surface area contributed by atoms with Gasteiger partial charge in [0.15, 0.2) is 0 Å². The molecule has 8 heteroatoms. The highest BCUT2D eigenvalue weighted by Crippen LogP contribution is 2.26. The molecule has 0 aliphatic carbocycles. The molecule has 0 fully saturated rings. The third kappa shape index (κ3) is 5.33. The van der Waals surface area contributed by atoms with Gasteiger partial charge in [-0.3, -0.25) is 4.79 Å². The number of nitrogens with zero attached hydrogens (tertiary/aromatic N) is 1. The first kappa shape index (κ1) is 22.4. The first-order chi connectivity index (χ1) is 13.2. The van der Waals surface area contributed by atoms with E-state index in [1.807, 2.05) is 0 Å². The summed E-state index contributed by atoms with van der Waals surface area (Å²) >= 11 is 1.30. The molecule has 0 saturated heterocycles. The van der Waals surface area contributed by atoms with Gasteiger partial charge in [0, 0.05) is 23.7 Å². The maximum Gasteiger partial charge on any atom is 0.243 e. The zero-order valence-corrected chi connectivity index (χ0v) is 18.0. The molecule has 5 nitrogen and oxygen atoms in total. The summed E-state index contributed by atoms with van der Waals surface area (Å²) in [4.78, 5) is 13.5. The number of carbonyl (C=O) groups excluding carboxylic acids is 1. The molecule has 0 saturated carbocycles. The number of anilines is 1. The SMILES string of the molecule is CCN(CC)S(=O)(=O)c1cc(NC(=O)[C@@H](C)Sc2ccc(F)cc2)ccc1C. The first-order valence-corrected chi connectivity index (χ1v) is 11.3. The van der Waals surface area contributed by atoms with Crippen molar-refractivity contribution >= 4 is 33.4 Å². The Morgan fingerprint density at radius 1 is 1.14 bits per heavy atom. The number of thioether (sulfide) groups is 1. The van der Waals surface area contributed by atoms with E-state index in [0.717, 1.165) is 4.90 Å². The maximum atomic E-state index is 13.0. The largest absolute Gasteiger partial charge is 0.325 e. The Bertz CT molecular complexity index is 927. The first-order valence-electron chi connectivity index (χ1n) is 9.03. The molecule has 0 radical (unpaired) electrons. The molecule has 2 rings (SSSR count). The topological polar surface area (TPSA) is 66.5 Å². The highest BCUT2D eigenvalue weighted by Gasteiger charge is 2.24. The number of rotatable bonds is 8. The van der Waals surface area contributed by atoms with Gasteiger partial charge in [-0.05, 0) is 55.8 Å². The van der Waals surface area contributed by atoms with Crippen LogP contribution in [0.3, 0.4) is 0 Å². The van der Waals surface area contributed by atoms with Gasteiger partial charge >= 0.3 is 0 Å². The third-order valence-corrected chi connectivity index (χ3v) is 7.58. The Hall–Kier alpha value is -1.90. The van der Waals surface area contributed by atoms with Gasteiger partial charge < -0.3 is 5.32 Å². The van der Waals surface area contributed by atoms with Crippen molar-refractivity contribution in [3.05, 3.63) is 53.8 Å². The quantitative estimate of drug-likeness (QED) is 0.642. The van der Waals surface area contributed by atoms with Crippen LogP contribution >= 0.6 is 11.8 Å². The van der Waals surface area contributed by atoms with Gasteiger partial charge in [0.05, 0.1) is 10.1 Å². The summed E-state index contributed by atoms with van der Waals surface area (Å²) in [6.45, 7) is 7.80. The molecule has 152 valence electrons. The van der Waals surface area contributed by atoms with E-state index < -0.39 is 15.3 Å². The molecule has 0 heterocycles. The van der Waals surface area contributed by atoms with Crippen molar-refractivity contribution in [2.45, 2.75) is 42.7 Å². The van der Waals surface area contributed by atoms with Crippen molar-refractivity contribution in [3.8, 4) is 0 Å². The third-order valence-electron chi connectivity index (χ3n) is 4.27. The minimum absolute atomic E-state index is 0.188. The van der Waals surface area contributed by atoms with Crippen LogP contribution in [0, 0.1) is 12.7 Å². The van der Waals surface area contributed by atoms with Gasteiger partial charge in [-0.15, -0.1) is 11.8 Å². The molecule has 0 unspecified atom stereocenters. The Kier molecular flexibility index (Phi) is 7.63. The highest BCUT2D eigenvalue weighted by atomic mass is 32.2. The molecule has 0 spiro atoms. The van der Waals surface area contributed by atoms with Gasteiger partial charge in [0.2, 0.25) is 15.9 Å². The van der Waals surface area contributed by atoms with Gasteiger partial charge in [-0.25, -0.2) is 12.8 Å². The summed E-state index contributed by atoms with van der Waals surface area (Å²) in [6, 6.07) is 10.8. The Morgan fingerprint density at radius 2 is 1.75 bits per heavy atom. The van der Waals surface area contributed by atoms with E-state index in [9.17, 15) is 17.6 Å². The molecule has 2 aromatic rings. The average molecular weight is 425 g/mol. The predicted molar refractivity (Wildman–Crippen MR) is 112 cm³/mol. The number of carbonyl (C=O) groups is 1. The van der Waals surface area contributed by atoms with Crippen molar-refractivity contribution in [3.63, 3.8) is 0 Å². The molecule has 2 aromatic carbocycles. The monoisotopic (exact) mass is 424 g/mol. The number of aryl methyl sites for hydroxylation is 1. The van der Waals surface area contributed by atoms with E-state index in [-0.39, 0.29) is 16.6 Å². The lowest BCUT2D eigenvalue weighted by atomic mass is 10.2. The van der Waals surface area contributed by atoms with Crippen LogP contribution in [0.4, 0.5) is 10.1 Å². The molecule has 0 aliphatic heterocycles. The van der Waals surface area contributed by atoms with Crippen molar-refractivity contribution in [1.82, 2.24) is 4.31 Å². The molecule has 0 bridgehead atoms. The number of sulfonamides is 1. The molecular formula is C20H25FN2O3S2. The summed E-state index contributed by atoms with van der Waals surface area (Å²) in [7, 11) is -3.62. The van der Waals surface area contributed by atoms with E-state index in [4.69, 9.17) is 0 Å². The van der Waals surface area contributed by atoms with Crippen LogP contribution in [0.2, 0.25) is 0 Å². The van der Waals surface area contributed by atoms with Crippen LogP contribution in [0.1, 0.15) is 26.3 Å². The molecule has 28 heavy (non-hydrogen) atoms. The van der Waals surface area contributed by atoms with Crippen molar-refractivity contribution < 1.29 is 17.6 Å². The number of hydrogen-bond acceptors (Lipinski definition) is 4. The van der Waals surface area contributed by atoms with Gasteiger partial charge in [0.25, 0.3) is 0 Å². The van der Waals surface area contributed by atoms with Crippen LogP contribution < -0.4 is 5.32 Å². The van der Waals surface area contributed by atoms with Crippen molar-refractivity contribution in [1.29, 1.82) is 0 Å². The van der Waals surface area contributed by atoms with Crippen LogP contribution in [0.25, 0.3) is 0 Å². The average Bonchev–Trinajstić information content (AvgIpc) is 2.65. The zero-order valence-electron chi connectivity index (χ0n) is 16.4. The summed E-state index contributed by atoms with van der Waals surface area (Å²) in [5, 5.41) is 2.34. The Morgan fingerprint density at radius 3 is 2.32 bits per heavy atom. The number of amides is 1. The second-order valence-corrected chi connectivity index (χ2v) is 9.59. The molecule has 1 amide bonds. The van der Waals surface area contributed by atoms with E-state index in [0.29, 0.717) is 24.3 Å². The van der Waals surface area contributed by atoms with Crippen LogP contribution in [0.15, 0.2) is 52.3 Å². The van der Waals surface area contributed by atoms with Crippen LogP contribution in [0.5, 0.6) is 0 Å². The molecule has 0 aliphatic rings. The summed E-state index contributed by atoms with van der Waals surface area (Å²) in [5.74, 6) is -0.590. The van der Waals surface area contributed by atoms with Crippen LogP contribution in [-0.4, -0.2) is 37.0 Å². The Balaban J connectivity index is 2.17.